The summed E-state index contributed by atoms with van der Waals surface area (Å²) < 4.78 is 0. The van der Waals surface area contributed by atoms with Gasteiger partial charge in [-0.2, -0.15) is 0 Å². The van der Waals surface area contributed by atoms with Crippen LogP contribution < -0.4 is 5.32 Å². The predicted octanol–water partition coefficient (Wildman–Crippen LogP) is 5.66. The Labute approximate surface area is 146 Å². The summed E-state index contributed by atoms with van der Waals surface area (Å²) in [5, 5.41) is 3.88. The summed E-state index contributed by atoms with van der Waals surface area (Å²) in [6, 6.07) is 20.3. The maximum atomic E-state index is 3.88. The smallest absolute Gasteiger partial charge is 0.0208 e. The highest BCUT2D eigenvalue weighted by atomic mass is 15.0. The average molecular weight is 319 g/mol. The Bertz CT molecular complexity index is 701. The average Bonchev–Trinajstić information content (AvgIpc) is 2.94. The summed E-state index contributed by atoms with van der Waals surface area (Å²) >= 11 is 0. The fraction of sp³-hybridized carbons (Fsp3) is 0.478. The van der Waals surface area contributed by atoms with Crippen LogP contribution in [-0.4, -0.2) is 6.04 Å². The molecule has 1 heteroatoms. The molecule has 1 N–H and O–H groups in total. The van der Waals surface area contributed by atoms with E-state index in [1.54, 1.807) is 0 Å². The summed E-state index contributed by atoms with van der Waals surface area (Å²) in [6.07, 6.45) is 4.16. The van der Waals surface area contributed by atoms with E-state index in [9.17, 15) is 0 Å². The van der Waals surface area contributed by atoms with Crippen LogP contribution in [0.3, 0.4) is 0 Å². The molecule has 2 aliphatic carbocycles. The molecule has 0 aliphatic heterocycles. The fourth-order valence-corrected chi connectivity index (χ4v) is 5.20. The molecular formula is C23H29N. The van der Waals surface area contributed by atoms with Gasteiger partial charge in [0, 0.05) is 12.6 Å². The monoisotopic (exact) mass is 319 g/mol. The summed E-state index contributed by atoms with van der Waals surface area (Å²) in [7, 11) is 0. The lowest BCUT2D eigenvalue weighted by atomic mass is 9.69. The van der Waals surface area contributed by atoms with Crippen molar-refractivity contribution in [2.24, 2.45) is 16.7 Å². The molecule has 4 rings (SSSR count). The highest BCUT2D eigenvalue weighted by molar-refractivity contribution is 5.63. The van der Waals surface area contributed by atoms with Crippen LogP contribution in [0.1, 0.15) is 45.6 Å². The van der Waals surface area contributed by atoms with Gasteiger partial charge in [-0.05, 0) is 52.7 Å². The van der Waals surface area contributed by atoms with E-state index in [1.807, 2.05) is 0 Å². The van der Waals surface area contributed by atoms with E-state index < -0.39 is 0 Å². The second kappa shape index (κ2) is 5.74. The van der Waals surface area contributed by atoms with Gasteiger partial charge in [-0.15, -0.1) is 0 Å². The van der Waals surface area contributed by atoms with E-state index in [0.29, 0.717) is 16.9 Å². The number of fused-ring (bicyclic) bond motifs is 2. The molecule has 2 saturated carbocycles. The molecule has 0 saturated heterocycles. The van der Waals surface area contributed by atoms with Gasteiger partial charge in [-0.3, -0.25) is 0 Å². The first-order chi connectivity index (χ1) is 11.5. The van der Waals surface area contributed by atoms with Gasteiger partial charge >= 0.3 is 0 Å². The first-order valence-electron chi connectivity index (χ1n) is 9.38. The molecule has 2 aliphatic rings. The number of benzene rings is 2. The Morgan fingerprint density at radius 2 is 1.58 bits per heavy atom. The topological polar surface area (TPSA) is 12.0 Å². The molecule has 24 heavy (non-hydrogen) atoms. The molecule has 0 aromatic heterocycles. The van der Waals surface area contributed by atoms with Gasteiger partial charge in [0.1, 0.15) is 0 Å². The summed E-state index contributed by atoms with van der Waals surface area (Å²) in [6.45, 7) is 8.47. The first-order valence-corrected chi connectivity index (χ1v) is 9.38. The lowest BCUT2D eigenvalue weighted by molar-refractivity contribution is 0.120. The van der Waals surface area contributed by atoms with Crippen molar-refractivity contribution in [3.63, 3.8) is 0 Å². The predicted molar refractivity (Wildman–Crippen MR) is 102 cm³/mol. The van der Waals surface area contributed by atoms with Crippen molar-refractivity contribution < 1.29 is 0 Å². The van der Waals surface area contributed by atoms with Crippen molar-refractivity contribution in [2.75, 3.05) is 0 Å². The molecule has 2 bridgehead atoms. The number of nitrogens with one attached hydrogen (secondary N) is 1. The number of rotatable bonds is 4. The lowest BCUT2D eigenvalue weighted by Crippen LogP contribution is -2.44. The van der Waals surface area contributed by atoms with E-state index in [0.717, 1.165) is 12.5 Å². The minimum atomic E-state index is 0.460. The fourth-order valence-electron chi connectivity index (χ4n) is 5.20. The Balaban J connectivity index is 1.42. The van der Waals surface area contributed by atoms with Gasteiger partial charge in [0.15, 0.2) is 0 Å². The Kier molecular flexibility index (Phi) is 3.80. The Morgan fingerprint density at radius 1 is 0.917 bits per heavy atom. The Morgan fingerprint density at radius 3 is 2.17 bits per heavy atom. The molecule has 0 spiro atoms. The van der Waals surface area contributed by atoms with Gasteiger partial charge < -0.3 is 5.32 Å². The van der Waals surface area contributed by atoms with Crippen molar-refractivity contribution in [1.29, 1.82) is 0 Å². The minimum absolute atomic E-state index is 0.460. The first kappa shape index (κ1) is 15.9. The van der Waals surface area contributed by atoms with Crippen LogP contribution >= 0.6 is 0 Å². The van der Waals surface area contributed by atoms with Crippen molar-refractivity contribution in [1.82, 2.24) is 5.32 Å². The van der Waals surface area contributed by atoms with Crippen LogP contribution in [0.2, 0.25) is 0 Å². The van der Waals surface area contributed by atoms with Gasteiger partial charge in [-0.1, -0.05) is 75.4 Å². The molecule has 0 unspecified atom stereocenters. The maximum Gasteiger partial charge on any atom is 0.0208 e. The molecule has 2 aromatic carbocycles. The standard InChI is InChI=1S/C23H29N/c1-22(2)20-13-14-23(22,3)21(15-20)24-16-17-9-11-19(12-10-17)18-7-5-4-6-8-18/h4-12,20-21,24H,13-16H2,1-3H3/t20-,21+,23+/m0/s1. The SMILES string of the molecule is CC1(C)[C@H]2CC[C@]1(C)[C@H](NCc1ccc(-c3ccccc3)cc1)C2. The zero-order valence-electron chi connectivity index (χ0n) is 15.2. The van der Waals surface area contributed by atoms with Gasteiger partial charge in [0.2, 0.25) is 0 Å². The molecular weight excluding hydrogens is 290 g/mol. The van der Waals surface area contributed by atoms with Gasteiger partial charge in [-0.25, -0.2) is 0 Å². The number of hydrogen-bond acceptors (Lipinski definition) is 1. The molecule has 2 aromatic rings. The highest BCUT2D eigenvalue weighted by Crippen LogP contribution is 2.65. The normalized spacial score (nSPS) is 30.6. The summed E-state index contributed by atoms with van der Waals surface area (Å²) in [4.78, 5) is 0. The summed E-state index contributed by atoms with van der Waals surface area (Å²) in [5.41, 5.74) is 4.93. The van der Waals surface area contributed by atoms with Crippen LogP contribution in [0, 0.1) is 16.7 Å². The minimum Gasteiger partial charge on any atom is -0.309 e. The molecule has 0 radical (unpaired) electrons. The van der Waals surface area contributed by atoms with Gasteiger partial charge in [0.25, 0.3) is 0 Å². The second-order valence-electron chi connectivity index (χ2n) is 8.61. The van der Waals surface area contributed by atoms with Crippen LogP contribution in [0.25, 0.3) is 11.1 Å². The Hall–Kier alpha value is -1.60. The largest absolute Gasteiger partial charge is 0.309 e. The molecule has 3 atom stereocenters. The van der Waals surface area contributed by atoms with Crippen LogP contribution in [-0.2, 0) is 6.54 Å². The van der Waals surface area contributed by atoms with E-state index in [2.05, 4.69) is 80.7 Å². The van der Waals surface area contributed by atoms with Crippen molar-refractivity contribution >= 4 is 0 Å². The molecule has 126 valence electrons. The zero-order chi connectivity index (χ0) is 16.8. The number of hydrogen-bond donors (Lipinski definition) is 1. The molecule has 0 amide bonds. The molecule has 2 fully saturated rings. The van der Waals surface area contributed by atoms with Crippen LogP contribution in [0.15, 0.2) is 54.6 Å². The van der Waals surface area contributed by atoms with Gasteiger partial charge in [0.05, 0.1) is 0 Å². The van der Waals surface area contributed by atoms with Crippen molar-refractivity contribution in [2.45, 2.75) is 52.6 Å². The second-order valence-corrected chi connectivity index (χ2v) is 8.61. The lowest BCUT2D eigenvalue weighted by Gasteiger charge is -2.39. The molecule has 1 nitrogen and oxygen atoms in total. The van der Waals surface area contributed by atoms with E-state index >= 15 is 0 Å². The zero-order valence-corrected chi connectivity index (χ0v) is 15.2. The molecule has 0 heterocycles. The highest BCUT2D eigenvalue weighted by Gasteiger charge is 2.60. The quantitative estimate of drug-likeness (QED) is 0.767. The maximum absolute atomic E-state index is 3.88. The van der Waals surface area contributed by atoms with E-state index in [4.69, 9.17) is 0 Å². The van der Waals surface area contributed by atoms with Crippen molar-refractivity contribution in [3.8, 4) is 11.1 Å². The van der Waals surface area contributed by atoms with Crippen LogP contribution in [0.4, 0.5) is 0 Å². The van der Waals surface area contributed by atoms with Crippen molar-refractivity contribution in [3.05, 3.63) is 60.2 Å². The van der Waals surface area contributed by atoms with E-state index in [-0.39, 0.29) is 0 Å². The third-order valence-electron chi connectivity index (χ3n) is 7.41. The third kappa shape index (κ3) is 2.41. The summed E-state index contributed by atoms with van der Waals surface area (Å²) in [5.74, 6) is 0.903. The van der Waals surface area contributed by atoms with E-state index in [1.165, 1.54) is 36.0 Å². The van der Waals surface area contributed by atoms with Crippen LogP contribution in [0.5, 0.6) is 0 Å². The third-order valence-corrected chi connectivity index (χ3v) is 7.41.